The van der Waals surface area contributed by atoms with Crippen LogP contribution in [0, 0.1) is 0 Å². The van der Waals surface area contributed by atoms with E-state index < -0.39 is 41.4 Å². The van der Waals surface area contributed by atoms with Crippen molar-refractivity contribution in [1.82, 2.24) is 30.8 Å². The number of nitrogens with zero attached hydrogens (tertiary/aromatic N) is 6. The lowest BCUT2D eigenvalue weighted by Crippen LogP contribution is -2.28. The van der Waals surface area contributed by atoms with Crippen LogP contribution in [-0.4, -0.2) is 108 Å². The lowest BCUT2D eigenvalue weighted by molar-refractivity contribution is -0.438. The lowest BCUT2D eigenvalue weighted by Gasteiger charge is -2.27. The second-order valence-corrected chi connectivity index (χ2v) is 25.8. The minimum absolute atomic E-state index is 0.0586. The van der Waals surface area contributed by atoms with Crippen LogP contribution in [0.15, 0.2) is 118 Å². The van der Waals surface area contributed by atoms with Gasteiger partial charge in [0.05, 0.1) is 46.0 Å². The standard InChI is InChI=1S/C54H63N9O11S4/c1-6-7-28-62-44-15-11-10-14-41(44)53(2,3)47(62)25-19-36(20-26-48-54(4,5)42-31-40(78(72,73)74)22-24-45(42)63(48)29-13-30-76(67,68)69)43-23-18-38(34-58-43)51(66)56-27-12-8-9-16-49(65)59-35-39-21-17-37(33-57-39)46(64)32-50-60-61-52(75-50)77(55,70)71/h10-11,14-15,17-26,31,33-34H,6-9,12-13,16,27-30,32,35H2,1-5H3,(H5-,55,56,59,65,66,67,68,69,70,71,72,73,74)/p+1. The number of primary sulfonamides is 1. The average molecular weight is 1140 g/mol. The van der Waals surface area contributed by atoms with Gasteiger partial charge in [0.25, 0.3) is 36.2 Å². The third kappa shape index (κ3) is 14.5. The van der Waals surface area contributed by atoms with Crippen LogP contribution in [0.2, 0.25) is 0 Å². The summed E-state index contributed by atoms with van der Waals surface area (Å²) in [4.78, 5) is 49.3. The summed E-state index contributed by atoms with van der Waals surface area (Å²) in [6.45, 7) is 11.8. The van der Waals surface area contributed by atoms with Crippen molar-refractivity contribution in [2.24, 2.45) is 5.14 Å². The van der Waals surface area contributed by atoms with Crippen LogP contribution in [0.25, 0.3) is 5.57 Å². The molecular formula is C54H64N9O11S4+. The Hall–Kier alpha value is -6.67. The molecule has 2 aromatic carbocycles. The Bertz CT molecular complexity index is 3550. The molecule has 2 aliphatic heterocycles. The molecule has 0 bridgehead atoms. The summed E-state index contributed by atoms with van der Waals surface area (Å²) < 4.78 is 92.6. The summed E-state index contributed by atoms with van der Waals surface area (Å²) in [5.74, 6) is -1.34. The number of sulfonamides is 1. The second kappa shape index (κ2) is 24.6. The first-order chi connectivity index (χ1) is 36.8. The van der Waals surface area contributed by atoms with E-state index in [0.29, 0.717) is 65.3 Å². The number of pyridine rings is 2. The number of fused-ring (bicyclic) bond motifs is 2. The van der Waals surface area contributed by atoms with Gasteiger partial charge in [-0.1, -0.05) is 69.2 Å². The van der Waals surface area contributed by atoms with E-state index in [1.165, 1.54) is 30.1 Å². The van der Waals surface area contributed by atoms with Gasteiger partial charge in [-0.3, -0.25) is 33.5 Å². The van der Waals surface area contributed by atoms with Crippen molar-refractivity contribution in [1.29, 1.82) is 0 Å². The Morgan fingerprint density at radius 1 is 0.821 bits per heavy atom. The van der Waals surface area contributed by atoms with Crippen molar-refractivity contribution in [3.63, 3.8) is 0 Å². The van der Waals surface area contributed by atoms with Crippen LogP contribution in [0.4, 0.5) is 11.4 Å². The summed E-state index contributed by atoms with van der Waals surface area (Å²) in [6.07, 6.45) is 14.7. The van der Waals surface area contributed by atoms with E-state index >= 15 is 0 Å². The molecule has 6 N–H and O–H groups in total. The molecule has 0 saturated carbocycles. The van der Waals surface area contributed by atoms with Crippen LogP contribution < -0.4 is 20.7 Å². The van der Waals surface area contributed by atoms with E-state index in [-0.39, 0.29) is 75.2 Å². The minimum Gasteiger partial charge on any atom is -0.352 e. The van der Waals surface area contributed by atoms with Gasteiger partial charge in [-0.15, -0.1) is 10.2 Å². The maximum absolute atomic E-state index is 13.4. The molecule has 2 aliphatic rings. The normalized spacial score (nSPS) is 15.7. The first kappa shape index (κ1) is 59.0. The Kier molecular flexibility index (Phi) is 18.6. The predicted molar refractivity (Wildman–Crippen MR) is 297 cm³/mol. The van der Waals surface area contributed by atoms with Crippen molar-refractivity contribution >= 4 is 81.9 Å². The molecule has 20 nitrogen and oxygen atoms in total. The smallest absolute Gasteiger partial charge is 0.294 e. The first-order valence-electron chi connectivity index (χ1n) is 25.3. The third-order valence-electron chi connectivity index (χ3n) is 13.6. The Labute approximate surface area is 459 Å². The zero-order valence-corrected chi connectivity index (χ0v) is 47.2. The van der Waals surface area contributed by atoms with E-state index in [1.807, 2.05) is 49.1 Å². The SMILES string of the molecule is CCCC[N+]1=C(/C=C/C(=C/C=C2/N(CCCS(=O)(=O)O)c3ccc(S(=O)(=O)O)cc3C2(C)C)c2ccc(C(=O)NCCCCCC(=O)NCc3ccc(C(=O)Cc4nnc(S(N)(=O)=O)s4)cn3)cn2)C(C)(C)c2ccccc21. The van der Waals surface area contributed by atoms with Crippen LogP contribution in [-0.2, 0) is 58.8 Å². The molecule has 3 aromatic heterocycles. The first-order valence-corrected chi connectivity index (χ1v) is 30.7. The summed E-state index contributed by atoms with van der Waals surface area (Å²) in [5, 5.41) is 18.2. The van der Waals surface area contributed by atoms with Gasteiger partial charge in [-0.05, 0) is 93.3 Å². The number of amides is 2. The average Bonchev–Trinajstić information content (AvgIpc) is 4.06. The molecule has 0 aliphatic carbocycles. The molecule has 2 amide bonds. The number of carbonyl (C=O) groups is 3. The van der Waals surface area contributed by atoms with E-state index in [2.05, 4.69) is 69.4 Å². The van der Waals surface area contributed by atoms with Crippen LogP contribution in [0.1, 0.15) is 128 Å². The van der Waals surface area contributed by atoms with Crippen molar-refractivity contribution < 1.29 is 53.3 Å². The fourth-order valence-corrected chi connectivity index (χ4v) is 11.9. The van der Waals surface area contributed by atoms with Gasteiger partial charge in [0.15, 0.2) is 11.5 Å². The zero-order valence-electron chi connectivity index (χ0n) is 44.0. The molecular weight excluding hydrogens is 1080 g/mol. The molecule has 0 spiro atoms. The van der Waals surface area contributed by atoms with Crippen LogP contribution in [0.3, 0.4) is 0 Å². The summed E-state index contributed by atoms with van der Waals surface area (Å²) in [6, 6.07) is 19.3. The molecule has 78 heavy (non-hydrogen) atoms. The highest BCUT2D eigenvalue weighted by atomic mass is 32.2. The highest BCUT2D eigenvalue weighted by Gasteiger charge is 2.44. The monoisotopic (exact) mass is 1140 g/mol. The number of hydrogen-bond acceptors (Lipinski definition) is 15. The molecule has 0 radical (unpaired) electrons. The number of nitrogens with one attached hydrogen (secondary N) is 2. The third-order valence-corrected chi connectivity index (χ3v) is 17.5. The number of nitrogens with two attached hydrogens (primary N) is 1. The summed E-state index contributed by atoms with van der Waals surface area (Å²) in [5.41, 5.74) is 6.48. The van der Waals surface area contributed by atoms with Gasteiger partial charge >= 0.3 is 0 Å². The highest BCUT2D eigenvalue weighted by Crippen LogP contribution is 2.49. The second-order valence-electron chi connectivity index (χ2n) is 20.0. The summed E-state index contributed by atoms with van der Waals surface area (Å²) >= 11 is 0.720. The molecule has 7 rings (SSSR count). The molecule has 5 heterocycles. The Morgan fingerprint density at radius 2 is 1.56 bits per heavy atom. The molecule has 0 atom stereocenters. The van der Waals surface area contributed by atoms with E-state index in [4.69, 9.17) is 10.1 Å². The number of anilines is 1. The van der Waals surface area contributed by atoms with Gasteiger partial charge in [-0.2, -0.15) is 21.4 Å². The summed E-state index contributed by atoms with van der Waals surface area (Å²) in [7, 11) is -12.9. The van der Waals surface area contributed by atoms with E-state index in [9.17, 15) is 48.7 Å². The number of allylic oxidation sites excluding steroid dienone is 6. The van der Waals surface area contributed by atoms with Crippen molar-refractivity contribution in [2.75, 3.05) is 30.3 Å². The fraction of sp³-hybridized carbons (Fsp3) is 0.370. The maximum Gasteiger partial charge on any atom is 0.294 e. The number of para-hydroxylation sites is 1. The van der Waals surface area contributed by atoms with E-state index in [0.717, 1.165) is 42.1 Å². The van der Waals surface area contributed by atoms with Crippen molar-refractivity contribution in [3.05, 3.63) is 148 Å². The number of aromatic nitrogens is 4. The molecule has 24 heteroatoms. The largest absolute Gasteiger partial charge is 0.352 e. The van der Waals surface area contributed by atoms with Crippen LogP contribution in [0.5, 0.6) is 0 Å². The number of unbranched alkanes of at least 4 members (excludes halogenated alkanes) is 3. The molecule has 0 unspecified atom stereocenters. The van der Waals surface area contributed by atoms with Gasteiger partial charge < -0.3 is 15.5 Å². The number of Topliss-reactive ketones (excluding diaryl/α,β-unsaturated/α-hetero) is 1. The predicted octanol–water partition coefficient (Wildman–Crippen LogP) is 7.03. The number of hydrogen-bond donors (Lipinski definition) is 5. The topological polar surface area (TPSA) is 302 Å². The zero-order chi connectivity index (χ0) is 56.6. The van der Waals surface area contributed by atoms with Gasteiger partial charge in [0.1, 0.15) is 11.6 Å². The van der Waals surface area contributed by atoms with Gasteiger partial charge in [-0.25, -0.2) is 13.6 Å². The number of carbonyl (C=O) groups excluding carboxylic acids is 3. The molecule has 414 valence electrons. The Morgan fingerprint density at radius 3 is 2.23 bits per heavy atom. The number of benzene rings is 2. The lowest BCUT2D eigenvalue weighted by atomic mass is 9.81. The van der Waals surface area contributed by atoms with Crippen molar-refractivity contribution in [2.45, 2.75) is 113 Å². The fourth-order valence-electron chi connectivity index (χ4n) is 9.45. The molecule has 0 saturated heterocycles. The number of rotatable bonds is 25. The van der Waals surface area contributed by atoms with Gasteiger partial charge in [0.2, 0.25) is 15.9 Å². The maximum atomic E-state index is 13.4. The highest BCUT2D eigenvalue weighted by molar-refractivity contribution is 7.91. The molecule has 5 aromatic rings. The van der Waals surface area contributed by atoms with Crippen molar-refractivity contribution in [3.8, 4) is 0 Å². The van der Waals surface area contributed by atoms with Crippen LogP contribution >= 0.6 is 11.3 Å². The van der Waals surface area contributed by atoms with E-state index in [1.54, 1.807) is 30.3 Å². The minimum atomic E-state index is -4.55. The quantitative estimate of drug-likeness (QED) is 0.0129. The Balaban J connectivity index is 1.02. The molecule has 0 fully saturated rings. The number of ketones is 1. The van der Waals surface area contributed by atoms with Gasteiger partial charge in [0, 0.05) is 84.0 Å².